The molecule has 0 heterocycles. The number of hydrogen-bond acceptors (Lipinski definition) is 1. The third-order valence-electron chi connectivity index (χ3n) is 4.94. The van der Waals surface area contributed by atoms with Crippen molar-refractivity contribution in [1.29, 1.82) is 0 Å². The Kier molecular flexibility index (Phi) is 11.3. The summed E-state index contributed by atoms with van der Waals surface area (Å²) in [6.07, 6.45) is 15.7. The SMILES string of the molecule is CCCCCCCC(CCCCCCC)c1ccc(C(=O)O)cc1. The van der Waals surface area contributed by atoms with Crippen LogP contribution in [0.25, 0.3) is 0 Å². The smallest absolute Gasteiger partial charge is 0.335 e. The van der Waals surface area contributed by atoms with Crippen LogP contribution in [0.2, 0.25) is 0 Å². The van der Waals surface area contributed by atoms with E-state index in [4.69, 9.17) is 5.11 Å². The molecular formula is C22H36O2. The van der Waals surface area contributed by atoms with Gasteiger partial charge in [0.25, 0.3) is 0 Å². The van der Waals surface area contributed by atoms with Crippen LogP contribution in [-0.4, -0.2) is 11.1 Å². The van der Waals surface area contributed by atoms with Gasteiger partial charge in [-0.05, 0) is 36.5 Å². The summed E-state index contributed by atoms with van der Waals surface area (Å²) in [6, 6.07) is 7.59. The van der Waals surface area contributed by atoms with Gasteiger partial charge in [0.15, 0.2) is 0 Å². The molecule has 0 aliphatic carbocycles. The predicted molar refractivity (Wildman–Crippen MR) is 103 cm³/mol. The quantitative estimate of drug-likeness (QED) is 0.366. The summed E-state index contributed by atoms with van der Waals surface area (Å²) in [7, 11) is 0. The monoisotopic (exact) mass is 332 g/mol. The number of rotatable bonds is 14. The number of carboxylic acid groups (broad SMARTS) is 1. The molecule has 1 aromatic rings. The maximum atomic E-state index is 11.0. The van der Waals surface area contributed by atoms with E-state index in [0.29, 0.717) is 11.5 Å². The van der Waals surface area contributed by atoms with Gasteiger partial charge in [0.1, 0.15) is 0 Å². The third kappa shape index (κ3) is 8.52. The van der Waals surface area contributed by atoms with E-state index < -0.39 is 5.97 Å². The molecule has 24 heavy (non-hydrogen) atoms. The van der Waals surface area contributed by atoms with Gasteiger partial charge in [-0.3, -0.25) is 0 Å². The Morgan fingerprint density at radius 2 is 1.25 bits per heavy atom. The van der Waals surface area contributed by atoms with E-state index in [9.17, 15) is 4.79 Å². The molecule has 0 fully saturated rings. The van der Waals surface area contributed by atoms with Crippen molar-refractivity contribution < 1.29 is 9.90 Å². The van der Waals surface area contributed by atoms with Crippen molar-refractivity contribution in [3.05, 3.63) is 35.4 Å². The lowest BCUT2D eigenvalue weighted by Crippen LogP contribution is -2.02. The topological polar surface area (TPSA) is 37.3 Å². The molecule has 0 bridgehead atoms. The first-order chi connectivity index (χ1) is 11.7. The van der Waals surface area contributed by atoms with Gasteiger partial charge in [-0.1, -0.05) is 90.2 Å². The highest BCUT2D eigenvalue weighted by Crippen LogP contribution is 2.29. The zero-order chi connectivity index (χ0) is 17.6. The van der Waals surface area contributed by atoms with E-state index in [2.05, 4.69) is 13.8 Å². The van der Waals surface area contributed by atoms with Crippen molar-refractivity contribution in [3.8, 4) is 0 Å². The molecule has 0 amide bonds. The Morgan fingerprint density at radius 3 is 1.67 bits per heavy atom. The van der Waals surface area contributed by atoms with Crippen LogP contribution in [0.4, 0.5) is 0 Å². The Bertz CT molecular complexity index is 422. The average Bonchev–Trinajstić information content (AvgIpc) is 2.59. The Hall–Kier alpha value is -1.31. The van der Waals surface area contributed by atoms with E-state index in [0.717, 1.165) is 0 Å². The Labute approximate surface area is 148 Å². The van der Waals surface area contributed by atoms with Gasteiger partial charge in [0.2, 0.25) is 0 Å². The van der Waals surface area contributed by atoms with Crippen molar-refractivity contribution in [1.82, 2.24) is 0 Å². The maximum Gasteiger partial charge on any atom is 0.335 e. The second-order valence-electron chi connectivity index (χ2n) is 7.03. The summed E-state index contributed by atoms with van der Waals surface area (Å²) in [5, 5.41) is 9.06. The van der Waals surface area contributed by atoms with E-state index in [1.807, 2.05) is 12.1 Å². The Balaban J connectivity index is 2.53. The molecular weight excluding hydrogens is 296 g/mol. The van der Waals surface area contributed by atoms with E-state index in [-0.39, 0.29) is 0 Å². The molecule has 1 rings (SSSR count). The molecule has 136 valence electrons. The second kappa shape index (κ2) is 13.0. The van der Waals surface area contributed by atoms with Gasteiger partial charge < -0.3 is 5.11 Å². The number of carbonyl (C=O) groups is 1. The minimum Gasteiger partial charge on any atom is -0.478 e. The number of aromatic carboxylic acids is 1. The predicted octanol–water partition coefficient (Wildman–Crippen LogP) is 7.19. The molecule has 0 aromatic heterocycles. The standard InChI is InChI=1S/C22H36O2/c1-3-5-7-9-11-13-19(14-12-10-8-6-4-2)20-15-17-21(18-16-20)22(23)24/h15-19H,3-14H2,1-2H3,(H,23,24). The van der Waals surface area contributed by atoms with Gasteiger partial charge in [-0.2, -0.15) is 0 Å². The molecule has 2 nitrogen and oxygen atoms in total. The highest BCUT2D eigenvalue weighted by atomic mass is 16.4. The summed E-state index contributed by atoms with van der Waals surface area (Å²) in [6.45, 7) is 4.51. The van der Waals surface area contributed by atoms with Crippen LogP contribution in [0.1, 0.15) is 113 Å². The molecule has 0 aliphatic rings. The zero-order valence-electron chi connectivity index (χ0n) is 15.7. The minimum atomic E-state index is -0.836. The van der Waals surface area contributed by atoms with Crippen LogP contribution in [0, 0.1) is 0 Å². The van der Waals surface area contributed by atoms with Crippen LogP contribution in [0.5, 0.6) is 0 Å². The van der Waals surface area contributed by atoms with Crippen molar-refractivity contribution >= 4 is 5.97 Å². The van der Waals surface area contributed by atoms with Gasteiger partial charge in [-0.25, -0.2) is 4.79 Å². The summed E-state index contributed by atoms with van der Waals surface area (Å²) in [4.78, 5) is 11.0. The summed E-state index contributed by atoms with van der Waals surface area (Å²) < 4.78 is 0. The fourth-order valence-electron chi connectivity index (χ4n) is 3.36. The van der Waals surface area contributed by atoms with Gasteiger partial charge in [-0.15, -0.1) is 0 Å². The van der Waals surface area contributed by atoms with Crippen LogP contribution >= 0.6 is 0 Å². The Morgan fingerprint density at radius 1 is 0.792 bits per heavy atom. The highest BCUT2D eigenvalue weighted by Gasteiger charge is 2.12. The second-order valence-corrected chi connectivity index (χ2v) is 7.03. The first kappa shape index (κ1) is 20.7. The third-order valence-corrected chi connectivity index (χ3v) is 4.94. The number of carboxylic acids is 1. The normalized spacial score (nSPS) is 11.1. The summed E-state index contributed by atoms with van der Waals surface area (Å²) >= 11 is 0. The molecule has 1 N–H and O–H groups in total. The van der Waals surface area contributed by atoms with Crippen LogP contribution < -0.4 is 0 Å². The lowest BCUT2D eigenvalue weighted by Gasteiger charge is -2.18. The molecule has 0 saturated carbocycles. The van der Waals surface area contributed by atoms with Crippen molar-refractivity contribution in [2.24, 2.45) is 0 Å². The van der Waals surface area contributed by atoms with Crippen molar-refractivity contribution in [2.75, 3.05) is 0 Å². The van der Waals surface area contributed by atoms with E-state index in [1.165, 1.54) is 82.6 Å². The average molecular weight is 333 g/mol. The van der Waals surface area contributed by atoms with E-state index in [1.54, 1.807) is 12.1 Å². The van der Waals surface area contributed by atoms with Gasteiger partial charge in [0, 0.05) is 0 Å². The zero-order valence-corrected chi connectivity index (χ0v) is 15.7. The number of hydrogen-bond donors (Lipinski definition) is 1. The number of benzene rings is 1. The maximum absolute atomic E-state index is 11.0. The van der Waals surface area contributed by atoms with Crippen LogP contribution in [0.3, 0.4) is 0 Å². The fourth-order valence-corrected chi connectivity index (χ4v) is 3.36. The first-order valence-electron chi connectivity index (χ1n) is 10.0. The van der Waals surface area contributed by atoms with Crippen molar-refractivity contribution in [3.63, 3.8) is 0 Å². The number of unbranched alkanes of at least 4 members (excludes halogenated alkanes) is 8. The lowest BCUT2D eigenvalue weighted by atomic mass is 9.87. The fraction of sp³-hybridized carbons (Fsp3) is 0.682. The molecule has 0 unspecified atom stereocenters. The molecule has 0 spiro atoms. The lowest BCUT2D eigenvalue weighted by molar-refractivity contribution is 0.0697. The van der Waals surface area contributed by atoms with Crippen LogP contribution in [0.15, 0.2) is 24.3 Å². The molecule has 0 aliphatic heterocycles. The minimum absolute atomic E-state index is 0.392. The van der Waals surface area contributed by atoms with Gasteiger partial charge in [0.05, 0.1) is 5.56 Å². The molecule has 0 radical (unpaired) electrons. The molecule has 0 atom stereocenters. The highest BCUT2D eigenvalue weighted by molar-refractivity contribution is 5.87. The van der Waals surface area contributed by atoms with E-state index >= 15 is 0 Å². The molecule has 0 saturated heterocycles. The van der Waals surface area contributed by atoms with Crippen LogP contribution in [-0.2, 0) is 0 Å². The summed E-state index contributed by atoms with van der Waals surface area (Å²) in [5.41, 5.74) is 1.72. The largest absolute Gasteiger partial charge is 0.478 e. The molecule has 1 aromatic carbocycles. The summed E-state index contributed by atoms with van der Waals surface area (Å²) in [5.74, 6) is -0.242. The van der Waals surface area contributed by atoms with Gasteiger partial charge >= 0.3 is 5.97 Å². The first-order valence-corrected chi connectivity index (χ1v) is 10.0. The van der Waals surface area contributed by atoms with Crippen molar-refractivity contribution in [2.45, 2.75) is 96.8 Å². The molecule has 2 heteroatoms.